The van der Waals surface area contributed by atoms with Crippen molar-refractivity contribution in [3.63, 3.8) is 0 Å². The van der Waals surface area contributed by atoms with Gasteiger partial charge in [0, 0.05) is 12.8 Å². The summed E-state index contributed by atoms with van der Waals surface area (Å²) >= 11 is 0. The summed E-state index contributed by atoms with van der Waals surface area (Å²) in [7, 11) is 0. The largest absolute Gasteiger partial charge is 0.441 e. The molecule has 0 bridgehead atoms. The fourth-order valence-corrected chi connectivity index (χ4v) is 2.37. The summed E-state index contributed by atoms with van der Waals surface area (Å²) < 4.78 is 32.9. The van der Waals surface area contributed by atoms with E-state index in [1.54, 1.807) is 31.2 Å². The summed E-state index contributed by atoms with van der Waals surface area (Å²) in [6.07, 6.45) is 1.73. The number of aryl methyl sites for hydroxylation is 2. The Morgan fingerprint density at radius 1 is 1.16 bits per heavy atom. The molecule has 1 heterocycles. The van der Waals surface area contributed by atoms with Gasteiger partial charge >= 0.3 is 0 Å². The van der Waals surface area contributed by atoms with Crippen LogP contribution in [0.25, 0.3) is 11.3 Å². The number of halogens is 2. The number of aromatic nitrogens is 1. The Bertz CT molecular complexity index is 906. The molecule has 1 amide bonds. The van der Waals surface area contributed by atoms with Crippen molar-refractivity contribution in [3.05, 3.63) is 71.8 Å². The molecule has 0 fully saturated rings. The average Bonchev–Trinajstić information content (AvgIpc) is 3.05. The molecule has 6 heteroatoms. The Balaban J connectivity index is 1.60. The molecule has 0 radical (unpaired) electrons. The van der Waals surface area contributed by atoms with Gasteiger partial charge in [-0.3, -0.25) is 4.79 Å². The molecule has 3 rings (SSSR count). The molecule has 0 saturated carbocycles. The summed E-state index contributed by atoms with van der Waals surface area (Å²) in [6, 6.07) is 10.8. The Kier molecular flexibility index (Phi) is 4.88. The second kappa shape index (κ2) is 7.25. The standard InChI is InChI=1S/C19H16F2N2O2/c1-12-6-7-16(15(21)10-12)23-18(24)8-9-19-22-11-17(25-19)13-4-2-3-5-14(13)20/h2-7,10-11H,8-9H2,1H3,(H,23,24). The highest BCUT2D eigenvalue weighted by Gasteiger charge is 2.12. The topological polar surface area (TPSA) is 55.1 Å². The zero-order valence-electron chi connectivity index (χ0n) is 13.6. The number of rotatable bonds is 5. The van der Waals surface area contributed by atoms with Crippen LogP contribution in [0, 0.1) is 18.6 Å². The lowest BCUT2D eigenvalue weighted by Gasteiger charge is -2.06. The number of carbonyl (C=O) groups is 1. The fraction of sp³-hybridized carbons (Fsp3) is 0.158. The zero-order chi connectivity index (χ0) is 17.8. The fourth-order valence-electron chi connectivity index (χ4n) is 2.37. The molecule has 1 N–H and O–H groups in total. The van der Waals surface area contributed by atoms with Crippen LogP contribution in [0.15, 0.2) is 53.1 Å². The van der Waals surface area contributed by atoms with Gasteiger partial charge in [0.2, 0.25) is 5.91 Å². The molecule has 0 aliphatic carbocycles. The third-order valence-electron chi connectivity index (χ3n) is 3.66. The van der Waals surface area contributed by atoms with Gasteiger partial charge in [-0.2, -0.15) is 0 Å². The molecule has 0 aliphatic rings. The van der Waals surface area contributed by atoms with Crippen LogP contribution in [0.5, 0.6) is 0 Å². The van der Waals surface area contributed by atoms with Crippen LogP contribution in [0.4, 0.5) is 14.5 Å². The van der Waals surface area contributed by atoms with Crippen LogP contribution in [-0.4, -0.2) is 10.9 Å². The quantitative estimate of drug-likeness (QED) is 0.743. The van der Waals surface area contributed by atoms with Crippen LogP contribution in [0.1, 0.15) is 17.9 Å². The molecule has 3 aromatic rings. The molecule has 2 aromatic carbocycles. The summed E-state index contributed by atoms with van der Waals surface area (Å²) in [5, 5.41) is 2.51. The summed E-state index contributed by atoms with van der Waals surface area (Å²) in [5.41, 5.74) is 1.22. The van der Waals surface area contributed by atoms with Crippen molar-refractivity contribution in [1.82, 2.24) is 4.98 Å². The van der Waals surface area contributed by atoms with E-state index in [1.165, 1.54) is 24.4 Å². The summed E-state index contributed by atoms with van der Waals surface area (Å²) in [4.78, 5) is 16.0. The van der Waals surface area contributed by atoms with Crippen molar-refractivity contribution in [1.29, 1.82) is 0 Å². The van der Waals surface area contributed by atoms with Crippen molar-refractivity contribution in [2.75, 3.05) is 5.32 Å². The van der Waals surface area contributed by atoms with Crippen LogP contribution in [0.3, 0.4) is 0 Å². The number of oxazole rings is 1. The minimum Gasteiger partial charge on any atom is -0.441 e. The monoisotopic (exact) mass is 342 g/mol. The van der Waals surface area contributed by atoms with E-state index in [0.717, 1.165) is 5.56 Å². The lowest BCUT2D eigenvalue weighted by atomic mass is 10.2. The predicted molar refractivity (Wildman–Crippen MR) is 90.0 cm³/mol. The molecule has 25 heavy (non-hydrogen) atoms. The molecular formula is C19H16F2N2O2. The Morgan fingerprint density at radius 3 is 2.72 bits per heavy atom. The molecule has 128 valence electrons. The number of nitrogens with zero attached hydrogens (tertiary/aromatic N) is 1. The van der Waals surface area contributed by atoms with Gasteiger partial charge in [0.25, 0.3) is 0 Å². The van der Waals surface area contributed by atoms with Gasteiger partial charge in [-0.1, -0.05) is 18.2 Å². The molecular weight excluding hydrogens is 326 g/mol. The zero-order valence-corrected chi connectivity index (χ0v) is 13.6. The van der Waals surface area contributed by atoms with Crippen molar-refractivity contribution < 1.29 is 18.0 Å². The third kappa shape index (κ3) is 4.09. The van der Waals surface area contributed by atoms with Gasteiger partial charge in [-0.05, 0) is 36.8 Å². The van der Waals surface area contributed by atoms with E-state index in [9.17, 15) is 13.6 Å². The molecule has 0 saturated heterocycles. The second-order valence-electron chi connectivity index (χ2n) is 5.63. The maximum Gasteiger partial charge on any atom is 0.224 e. The normalized spacial score (nSPS) is 10.7. The van der Waals surface area contributed by atoms with Crippen LogP contribution >= 0.6 is 0 Å². The van der Waals surface area contributed by atoms with Crippen LogP contribution in [0.2, 0.25) is 0 Å². The van der Waals surface area contributed by atoms with Gasteiger partial charge in [-0.25, -0.2) is 13.8 Å². The Morgan fingerprint density at radius 2 is 1.96 bits per heavy atom. The average molecular weight is 342 g/mol. The second-order valence-corrected chi connectivity index (χ2v) is 5.63. The SMILES string of the molecule is Cc1ccc(NC(=O)CCc2ncc(-c3ccccc3F)o2)c(F)c1. The Hall–Kier alpha value is -3.02. The highest BCUT2D eigenvalue weighted by Crippen LogP contribution is 2.23. The smallest absolute Gasteiger partial charge is 0.224 e. The maximum absolute atomic E-state index is 13.7. The van der Waals surface area contributed by atoms with E-state index in [0.29, 0.717) is 17.2 Å². The highest BCUT2D eigenvalue weighted by molar-refractivity contribution is 5.90. The van der Waals surface area contributed by atoms with Gasteiger partial charge in [0.05, 0.1) is 17.4 Å². The first-order valence-electron chi connectivity index (χ1n) is 7.78. The van der Waals surface area contributed by atoms with Crippen LogP contribution in [-0.2, 0) is 11.2 Å². The number of carbonyl (C=O) groups excluding carboxylic acids is 1. The first-order chi connectivity index (χ1) is 12.0. The first-order valence-corrected chi connectivity index (χ1v) is 7.78. The molecule has 4 nitrogen and oxygen atoms in total. The van der Waals surface area contributed by atoms with Gasteiger partial charge in [-0.15, -0.1) is 0 Å². The lowest BCUT2D eigenvalue weighted by Crippen LogP contribution is -2.13. The minimum atomic E-state index is -0.480. The van der Waals surface area contributed by atoms with E-state index in [4.69, 9.17) is 4.42 Å². The van der Waals surface area contributed by atoms with Crippen LogP contribution < -0.4 is 5.32 Å². The summed E-state index contributed by atoms with van der Waals surface area (Å²) in [5.74, 6) is -0.617. The van der Waals surface area contributed by atoms with Gasteiger partial charge in [0.15, 0.2) is 11.7 Å². The minimum absolute atomic E-state index is 0.0739. The van der Waals surface area contributed by atoms with Crippen molar-refractivity contribution in [2.45, 2.75) is 19.8 Å². The summed E-state index contributed by atoms with van der Waals surface area (Å²) in [6.45, 7) is 1.77. The predicted octanol–water partition coefficient (Wildman–Crippen LogP) is 4.50. The molecule has 0 spiro atoms. The van der Waals surface area contributed by atoms with E-state index < -0.39 is 11.6 Å². The van der Waals surface area contributed by atoms with Crippen molar-refractivity contribution >= 4 is 11.6 Å². The van der Waals surface area contributed by atoms with Gasteiger partial charge in [0.1, 0.15) is 11.6 Å². The first kappa shape index (κ1) is 16.8. The molecule has 0 aliphatic heterocycles. The highest BCUT2D eigenvalue weighted by atomic mass is 19.1. The number of benzene rings is 2. The third-order valence-corrected chi connectivity index (χ3v) is 3.66. The van der Waals surface area contributed by atoms with Crippen molar-refractivity contribution in [2.24, 2.45) is 0 Å². The van der Waals surface area contributed by atoms with E-state index in [1.807, 2.05) is 0 Å². The number of hydrogen-bond acceptors (Lipinski definition) is 3. The van der Waals surface area contributed by atoms with E-state index >= 15 is 0 Å². The van der Waals surface area contributed by atoms with E-state index in [2.05, 4.69) is 10.3 Å². The van der Waals surface area contributed by atoms with E-state index in [-0.39, 0.29) is 24.4 Å². The molecule has 1 aromatic heterocycles. The number of anilines is 1. The molecule has 0 unspecified atom stereocenters. The Labute approximate surface area is 143 Å². The maximum atomic E-state index is 13.7. The number of hydrogen-bond donors (Lipinski definition) is 1. The molecule has 0 atom stereocenters. The number of amides is 1. The van der Waals surface area contributed by atoms with Crippen molar-refractivity contribution in [3.8, 4) is 11.3 Å². The number of nitrogens with one attached hydrogen (secondary N) is 1. The van der Waals surface area contributed by atoms with Gasteiger partial charge < -0.3 is 9.73 Å². The lowest BCUT2D eigenvalue weighted by molar-refractivity contribution is -0.116.